The van der Waals surface area contributed by atoms with Crippen molar-refractivity contribution in [1.29, 1.82) is 0 Å². The van der Waals surface area contributed by atoms with Crippen molar-refractivity contribution < 1.29 is 24.2 Å². The van der Waals surface area contributed by atoms with Crippen molar-refractivity contribution in [3.8, 4) is 5.75 Å². The van der Waals surface area contributed by atoms with E-state index in [0.29, 0.717) is 33.5 Å². The summed E-state index contributed by atoms with van der Waals surface area (Å²) in [5, 5.41) is 12.5. The lowest BCUT2D eigenvalue weighted by atomic mass is 10.1. The summed E-state index contributed by atoms with van der Waals surface area (Å²) in [6.07, 6.45) is -1.03. The molecule has 2 aromatic carbocycles. The van der Waals surface area contributed by atoms with Crippen LogP contribution in [0.3, 0.4) is 0 Å². The van der Waals surface area contributed by atoms with E-state index in [1.54, 1.807) is 42.5 Å². The molecule has 0 spiro atoms. The fourth-order valence-electron chi connectivity index (χ4n) is 2.54. The molecular formula is C20H21Cl2NO5. The van der Waals surface area contributed by atoms with Gasteiger partial charge in [0.1, 0.15) is 5.75 Å². The van der Waals surface area contributed by atoms with Crippen molar-refractivity contribution in [2.75, 3.05) is 12.4 Å². The van der Waals surface area contributed by atoms with Crippen LogP contribution in [0.5, 0.6) is 5.75 Å². The van der Waals surface area contributed by atoms with Gasteiger partial charge < -0.3 is 19.9 Å². The number of carbonyl (C=O) groups is 2. The molecule has 0 aliphatic carbocycles. The Labute approximate surface area is 173 Å². The lowest BCUT2D eigenvalue weighted by molar-refractivity contribution is -0.139. The smallest absolute Gasteiger partial charge is 0.306 e. The summed E-state index contributed by atoms with van der Waals surface area (Å²) in [4.78, 5) is 23.4. The molecule has 2 N–H and O–H groups in total. The number of amides is 1. The first kappa shape index (κ1) is 22.0. The number of anilines is 1. The third-order valence-electron chi connectivity index (χ3n) is 4.02. The predicted molar refractivity (Wildman–Crippen MR) is 108 cm³/mol. The number of benzene rings is 2. The number of rotatable bonds is 9. The van der Waals surface area contributed by atoms with E-state index in [4.69, 9.17) is 37.8 Å². The van der Waals surface area contributed by atoms with Gasteiger partial charge in [-0.3, -0.25) is 9.59 Å². The molecule has 8 heteroatoms. The minimum atomic E-state index is -0.952. The molecule has 0 saturated carbocycles. The fraction of sp³-hybridized carbons (Fsp3) is 0.300. The van der Waals surface area contributed by atoms with E-state index in [0.717, 1.165) is 0 Å². The van der Waals surface area contributed by atoms with Crippen molar-refractivity contribution in [2.45, 2.75) is 32.0 Å². The highest BCUT2D eigenvalue weighted by atomic mass is 35.5. The Bertz CT molecular complexity index is 826. The van der Waals surface area contributed by atoms with Crippen molar-refractivity contribution in [2.24, 2.45) is 0 Å². The van der Waals surface area contributed by atoms with Gasteiger partial charge in [0.2, 0.25) is 0 Å². The highest BCUT2D eigenvalue weighted by Gasteiger charge is 2.20. The van der Waals surface area contributed by atoms with Gasteiger partial charge in [0.05, 0.1) is 17.5 Å². The number of aliphatic carboxylic acids is 1. The van der Waals surface area contributed by atoms with E-state index in [-0.39, 0.29) is 12.3 Å². The van der Waals surface area contributed by atoms with Crippen LogP contribution >= 0.6 is 23.2 Å². The summed E-state index contributed by atoms with van der Waals surface area (Å²) in [6, 6.07) is 11.6. The number of hydrogen-bond donors (Lipinski definition) is 2. The first-order chi connectivity index (χ1) is 13.3. The monoisotopic (exact) mass is 425 g/mol. The number of methoxy groups -OCH3 is 1. The predicted octanol–water partition coefficient (Wildman–Crippen LogP) is 4.95. The molecule has 2 atom stereocenters. The van der Waals surface area contributed by atoms with Crippen molar-refractivity contribution in [1.82, 2.24) is 0 Å². The van der Waals surface area contributed by atoms with Gasteiger partial charge in [-0.15, -0.1) is 0 Å². The summed E-state index contributed by atoms with van der Waals surface area (Å²) in [5.41, 5.74) is 1.26. The van der Waals surface area contributed by atoms with Crippen LogP contribution in [0.15, 0.2) is 42.5 Å². The van der Waals surface area contributed by atoms with Crippen molar-refractivity contribution in [3.05, 3.63) is 58.1 Å². The Kier molecular flexibility index (Phi) is 8.11. The van der Waals surface area contributed by atoms with E-state index in [9.17, 15) is 9.59 Å². The highest BCUT2D eigenvalue weighted by molar-refractivity contribution is 6.34. The summed E-state index contributed by atoms with van der Waals surface area (Å²) < 4.78 is 10.9. The minimum Gasteiger partial charge on any atom is -0.481 e. The number of hydrogen-bond acceptors (Lipinski definition) is 4. The van der Waals surface area contributed by atoms with Crippen LogP contribution in [-0.4, -0.2) is 30.2 Å². The molecule has 2 unspecified atom stereocenters. The van der Waals surface area contributed by atoms with Crippen LogP contribution in [0.1, 0.15) is 31.4 Å². The number of carbonyl (C=O) groups excluding carboxylic acids is 1. The van der Waals surface area contributed by atoms with Crippen LogP contribution in [0.4, 0.5) is 5.69 Å². The molecule has 0 heterocycles. The SMILES string of the molecule is CCC(Oc1cc(Cl)ccc1Cl)C(=O)Nc1ccc(C(CC(=O)O)OC)cc1. The quantitative estimate of drug-likeness (QED) is 0.593. The van der Waals surface area contributed by atoms with Gasteiger partial charge in [-0.2, -0.15) is 0 Å². The number of halogens is 2. The molecule has 0 bridgehead atoms. The average molecular weight is 426 g/mol. The molecule has 2 aromatic rings. The standard InChI is InChI=1S/C20H21Cl2NO5/c1-3-16(28-18-10-13(21)6-9-15(18)22)20(26)23-14-7-4-12(5-8-14)17(27-2)11-19(24)25/h4-10,16-17H,3,11H2,1-2H3,(H,23,26)(H,24,25). The fourth-order valence-corrected chi connectivity index (χ4v) is 2.87. The molecule has 1 amide bonds. The second-order valence-corrected chi connectivity index (χ2v) is 6.87. The van der Waals surface area contributed by atoms with Crippen molar-refractivity contribution >= 4 is 40.8 Å². The van der Waals surface area contributed by atoms with E-state index in [2.05, 4.69) is 5.32 Å². The third-order valence-corrected chi connectivity index (χ3v) is 4.57. The Hall–Kier alpha value is -2.28. The summed E-state index contributed by atoms with van der Waals surface area (Å²) >= 11 is 12.0. The van der Waals surface area contributed by atoms with Crippen LogP contribution in [0.25, 0.3) is 0 Å². The van der Waals surface area contributed by atoms with Crippen LogP contribution in [0.2, 0.25) is 10.0 Å². The highest BCUT2D eigenvalue weighted by Crippen LogP contribution is 2.29. The summed E-state index contributed by atoms with van der Waals surface area (Å²) in [5.74, 6) is -0.949. The van der Waals surface area contributed by atoms with E-state index < -0.39 is 18.2 Å². The Morgan fingerprint density at radius 1 is 1.14 bits per heavy atom. The molecule has 150 valence electrons. The number of carboxylic acid groups (broad SMARTS) is 1. The van der Waals surface area contributed by atoms with Gasteiger partial charge in [-0.1, -0.05) is 42.3 Å². The van der Waals surface area contributed by atoms with Crippen molar-refractivity contribution in [3.63, 3.8) is 0 Å². The van der Waals surface area contributed by atoms with Gasteiger partial charge in [0.15, 0.2) is 6.10 Å². The second kappa shape index (κ2) is 10.3. The third kappa shape index (κ3) is 6.12. The maximum atomic E-state index is 12.6. The van der Waals surface area contributed by atoms with Crippen LogP contribution in [0, 0.1) is 0 Å². The Morgan fingerprint density at radius 3 is 2.39 bits per heavy atom. The maximum Gasteiger partial charge on any atom is 0.306 e. The zero-order chi connectivity index (χ0) is 20.7. The van der Waals surface area contributed by atoms with Gasteiger partial charge >= 0.3 is 5.97 Å². The Balaban J connectivity index is 2.05. The molecule has 0 aliphatic rings. The van der Waals surface area contributed by atoms with Gasteiger partial charge in [-0.25, -0.2) is 0 Å². The molecule has 0 radical (unpaired) electrons. The second-order valence-electron chi connectivity index (χ2n) is 6.02. The number of nitrogens with one attached hydrogen (secondary N) is 1. The molecule has 28 heavy (non-hydrogen) atoms. The first-order valence-electron chi connectivity index (χ1n) is 8.61. The van der Waals surface area contributed by atoms with E-state index in [1.165, 1.54) is 7.11 Å². The zero-order valence-corrected chi connectivity index (χ0v) is 17.0. The topological polar surface area (TPSA) is 84.9 Å². The molecule has 0 fully saturated rings. The van der Waals surface area contributed by atoms with Gasteiger partial charge in [-0.05, 0) is 36.2 Å². The van der Waals surface area contributed by atoms with Crippen LogP contribution < -0.4 is 10.1 Å². The maximum absolute atomic E-state index is 12.6. The zero-order valence-electron chi connectivity index (χ0n) is 15.4. The average Bonchev–Trinajstić information content (AvgIpc) is 2.67. The lowest BCUT2D eigenvalue weighted by Gasteiger charge is -2.19. The molecular weight excluding hydrogens is 405 g/mol. The summed E-state index contributed by atoms with van der Waals surface area (Å²) in [6.45, 7) is 1.82. The molecule has 6 nitrogen and oxygen atoms in total. The van der Waals surface area contributed by atoms with E-state index >= 15 is 0 Å². The first-order valence-corrected chi connectivity index (χ1v) is 9.36. The van der Waals surface area contributed by atoms with Gasteiger partial charge in [0.25, 0.3) is 5.91 Å². The molecule has 2 rings (SSSR count). The molecule has 0 aromatic heterocycles. The summed E-state index contributed by atoms with van der Waals surface area (Å²) in [7, 11) is 1.45. The molecule has 0 saturated heterocycles. The number of ether oxygens (including phenoxy) is 2. The largest absolute Gasteiger partial charge is 0.481 e. The van der Waals surface area contributed by atoms with E-state index in [1.807, 2.05) is 6.92 Å². The Morgan fingerprint density at radius 2 is 1.82 bits per heavy atom. The van der Waals surface area contributed by atoms with Gasteiger partial charge in [0, 0.05) is 23.9 Å². The minimum absolute atomic E-state index is 0.144. The molecule has 0 aliphatic heterocycles. The lowest BCUT2D eigenvalue weighted by Crippen LogP contribution is -2.32. The normalized spacial score (nSPS) is 12.9. The number of carboxylic acids is 1. The van der Waals surface area contributed by atoms with Crippen LogP contribution in [-0.2, 0) is 14.3 Å².